The molecule has 0 atom stereocenters. The lowest BCUT2D eigenvalue weighted by Gasteiger charge is -1.99. The SMILES string of the molecule is CC(=O)NNc1nc2ccc(C)cc2s1. The van der Waals surface area contributed by atoms with Gasteiger partial charge in [0.1, 0.15) is 0 Å². The number of amides is 1. The molecule has 1 aromatic carbocycles. The number of rotatable bonds is 2. The van der Waals surface area contributed by atoms with E-state index in [1.54, 1.807) is 0 Å². The quantitative estimate of drug-likeness (QED) is 0.763. The highest BCUT2D eigenvalue weighted by Gasteiger charge is 2.03. The summed E-state index contributed by atoms with van der Waals surface area (Å²) in [5.74, 6) is -0.134. The largest absolute Gasteiger partial charge is 0.274 e. The number of hydrogen-bond acceptors (Lipinski definition) is 4. The third-order valence-electron chi connectivity index (χ3n) is 1.89. The number of hydrazine groups is 1. The lowest BCUT2D eigenvalue weighted by atomic mass is 10.2. The molecular weight excluding hydrogens is 210 g/mol. The van der Waals surface area contributed by atoms with Crippen molar-refractivity contribution < 1.29 is 4.79 Å². The Morgan fingerprint density at radius 2 is 2.27 bits per heavy atom. The van der Waals surface area contributed by atoms with E-state index in [4.69, 9.17) is 0 Å². The number of aryl methyl sites for hydroxylation is 1. The molecular formula is C10H11N3OS. The van der Waals surface area contributed by atoms with E-state index in [0.717, 1.165) is 10.2 Å². The first-order valence-electron chi connectivity index (χ1n) is 4.55. The van der Waals surface area contributed by atoms with Crippen LogP contribution in [0.2, 0.25) is 0 Å². The highest BCUT2D eigenvalue weighted by Crippen LogP contribution is 2.25. The molecule has 0 radical (unpaired) electrons. The van der Waals surface area contributed by atoms with Crippen molar-refractivity contribution in [1.82, 2.24) is 10.4 Å². The van der Waals surface area contributed by atoms with Crippen molar-refractivity contribution in [2.45, 2.75) is 13.8 Å². The van der Waals surface area contributed by atoms with Crippen LogP contribution < -0.4 is 10.9 Å². The van der Waals surface area contributed by atoms with Crippen LogP contribution >= 0.6 is 11.3 Å². The number of hydrogen-bond donors (Lipinski definition) is 2. The number of carbonyl (C=O) groups excluding carboxylic acids is 1. The lowest BCUT2D eigenvalue weighted by molar-refractivity contribution is -0.118. The van der Waals surface area contributed by atoms with Gasteiger partial charge in [-0.1, -0.05) is 17.4 Å². The summed E-state index contributed by atoms with van der Waals surface area (Å²) in [6.45, 7) is 3.49. The number of nitrogens with one attached hydrogen (secondary N) is 2. The number of thiazole rings is 1. The van der Waals surface area contributed by atoms with Crippen molar-refractivity contribution in [2.24, 2.45) is 0 Å². The second-order valence-electron chi connectivity index (χ2n) is 3.30. The molecule has 1 aromatic heterocycles. The van der Waals surface area contributed by atoms with Crippen LogP contribution in [0.3, 0.4) is 0 Å². The number of carbonyl (C=O) groups is 1. The molecule has 1 amide bonds. The van der Waals surface area contributed by atoms with Gasteiger partial charge in [-0.15, -0.1) is 0 Å². The number of benzene rings is 1. The molecule has 2 aromatic rings. The molecule has 2 N–H and O–H groups in total. The Kier molecular flexibility index (Phi) is 2.55. The maximum Gasteiger partial charge on any atom is 0.235 e. The van der Waals surface area contributed by atoms with E-state index in [1.165, 1.54) is 23.8 Å². The van der Waals surface area contributed by atoms with Crippen molar-refractivity contribution >= 4 is 32.6 Å². The number of anilines is 1. The summed E-state index contributed by atoms with van der Waals surface area (Å²) in [5.41, 5.74) is 7.41. The molecule has 0 aliphatic heterocycles. The van der Waals surface area contributed by atoms with Gasteiger partial charge in [0.05, 0.1) is 10.2 Å². The molecule has 0 fully saturated rings. The van der Waals surface area contributed by atoms with Gasteiger partial charge in [0.2, 0.25) is 11.0 Å². The molecule has 0 unspecified atom stereocenters. The fourth-order valence-corrected chi connectivity index (χ4v) is 2.14. The molecule has 0 spiro atoms. The van der Waals surface area contributed by atoms with Crippen molar-refractivity contribution in [3.63, 3.8) is 0 Å². The van der Waals surface area contributed by atoms with Gasteiger partial charge >= 0.3 is 0 Å². The van der Waals surface area contributed by atoms with Crippen LogP contribution in [0.1, 0.15) is 12.5 Å². The molecule has 0 saturated carbocycles. The molecule has 4 nitrogen and oxygen atoms in total. The molecule has 0 saturated heterocycles. The normalized spacial score (nSPS) is 10.3. The maximum absolute atomic E-state index is 10.7. The topological polar surface area (TPSA) is 54.0 Å². The Morgan fingerprint density at radius 1 is 1.47 bits per heavy atom. The van der Waals surface area contributed by atoms with Gasteiger partial charge < -0.3 is 0 Å². The first-order chi connectivity index (χ1) is 7.15. The van der Waals surface area contributed by atoms with Crippen LogP contribution in [0.5, 0.6) is 0 Å². The second-order valence-corrected chi connectivity index (χ2v) is 4.33. The molecule has 0 bridgehead atoms. The van der Waals surface area contributed by atoms with Gasteiger partial charge in [0.25, 0.3) is 0 Å². The van der Waals surface area contributed by atoms with Gasteiger partial charge in [0, 0.05) is 6.92 Å². The van der Waals surface area contributed by atoms with E-state index in [-0.39, 0.29) is 5.91 Å². The van der Waals surface area contributed by atoms with Gasteiger partial charge in [-0.3, -0.25) is 15.6 Å². The van der Waals surface area contributed by atoms with E-state index in [1.807, 2.05) is 19.1 Å². The molecule has 78 valence electrons. The van der Waals surface area contributed by atoms with Crippen LogP contribution in [0.4, 0.5) is 5.13 Å². The Balaban J connectivity index is 2.27. The smallest absolute Gasteiger partial charge is 0.235 e. The average Bonchev–Trinajstić information content (AvgIpc) is 2.56. The third-order valence-corrected chi connectivity index (χ3v) is 2.82. The molecule has 0 aliphatic carbocycles. The molecule has 2 rings (SSSR count). The standard InChI is InChI=1S/C10H11N3OS/c1-6-3-4-8-9(5-6)15-10(11-8)13-12-7(2)14/h3-5H,1-2H3,(H,11,13)(H,12,14). The minimum atomic E-state index is -0.134. The Morgan fingerprint density at radius 3 is 3.00 bits per heavy atom. The fourth-order valence-electron chi connectivity index (χ4n) is 1.23. The van der Waals surface area contributed by atoms with Crippen LogP contribution in [-0.4, -0.2) is 10.9 Å². The zero-order chi connectivity index (χ0) is 10.8. The summed E-state index contributed by atoms with van der Waals surface area (Å²) in [6, 6.07) is 6.07. The minimum Gasteiger partial charge on any atom is -0.274 e. The number of aromatic nitrogens is 1. The predicted octanol–water partition coefficient (Wildman–Crippen LogP) is 2.07. The Bertz CT molecular complexity index is 506. The van der Waals surface area contributed by atoms with Crippen molar-refractivity contribution in [1.29, 1.82) is 0 Å². The minimum absolute atomic E-state index is 0.134. The first-order valence-corrected chi connectivity index (χ1v) is 5.36. The summed E-state index contributed by atoms with van der Waals surface area (Å²) in [5, 5.41) is 0.700. The molecule has 0 aliphatic rings. The molecule has 5 heteroatoms. The summed E-state index contributed by atoms with van der Waals surface area (Å²) >= 11 is 1.52. The van der Waals surface area contributed by atoms with Crippen molar-refractivity contribution in [3.8, 4) is 0 Å². The van der Waals surface area contributed by atoms with E-state index in [0.29, 0.717) is 5.13 Å². The van der Waals surface area contributed by atoms with Gasteiger partial charge in [-0.2, -0.15) is 0 Å². The number of nitrogens with zero attached hydrogens (tertiary/aromatic N) is 1. The first kappa shape index (κ1) is 9.92. The Hall–Kier alpha value is -1.62. The third kappa shape index (κ3) is 2.24. The molecule has 15 heavy (non-hydrogen) atoms. The van der Waals surface area contributed by atoms with Crippen LogP contribution in [-0.2, 0) is 4.79 Å². The van der Waals surface area contributed by atoms with Gasteiger partial charge in [-0.05, 0) is 24.6 Å². The van der Waals surface area contributed by atoms with Gasteiger partial charge in [-0.25, -0.2) is 4.98 Å². The average molecular weight is 221 g/mol. The van der Waals surface area contributed by atoms with Gasteiger partial charge in [0.15, 0.2) is 0 Å². The Labute approximate surface area is 91.3 Å². The highest BCUT2D eigenvalue weighted by atomic mass is 32.1. The summed E-state index contributed by atoms with van der Waals surface area (Å²) < 4.78 is 1.11. The lowest BCUT2D eigenvalue weighted by Crippen LogP contribution is -2.26. The highest BCUT2D eigenvalue weighted by molar-refractivity contribution is 7.22. The van der Waals surface area contributed by atoms with E-state index < -0.39 is 0 Å². The second kappa shape index (κ2) is 3.86. The van der Waals surface area contributed by atoms with Crippen molar-refractivity contribution in [3.05, 3.63) is 23.8 Å². The van der Waals surface area contributed by atoms with E-state index in [9.17, 15) is 4.79 Å². The zero-order valence-corrected chi connectivity index (χ0v) is 9.31. The van der Waals surface area contributed by atoms with E-state index >= 15 is 0 Å². The summed E-state index contributed by atoms with van der Waals surface area (Å²) in [4.78, 5) is 15.0. The van der Waals surface area contributed by atoms with Crippen LogP contribution in [0, 0.1) is 6.92 Å². The van der Waals surface area contributed by atoms with E-state index in [2.05, 4.69) is 21.9 Å². The monoisotopic (exact) mass is 221 g/mol. The zero-order valence-electron chi connectivity index (χ0n) is 8.50. The predicted molar refractivity (Wildman–Crippen MR) is 61.8 cm³/mol. The number of fused-ring (bicyclic) bond motifs is 1. The van der Waals surface area contributed by atoms with Crippen LogP contribution in [0.25, 0.3) is 10.2 Å². The summed E-state index contributed by atoms with van der Waals surface area (Å²) in [6.07, 6.45) is 0. The maximum atomic E-state index is 10.7. The van der Waals surface area contributed by atoms with Crippen molar-refractivity contribution in [2.75, 3.05) is 5.43 Å². The summed E-state index contributed by atoms with van der Waals surface area (Å²) in [7, 11) is 0. The molecule has 1 heterocycles. The fraction of sp³-hybridized carbons (Fsp3) is 0.200. The van der Waals surface area contributed by atoms with Crippen LogP contribution in [0.15, 0.2) is 18.2 Å².